The summed E-state index contributed by atoms with van der Waals surface area (Å²) in [7, 11) is 4.13. The van der Waals surface area contributed by atoms with E-state index in [9.17, 15) is 0 Å². The van der Waals surface area contributed by atoms with Crippen molar-refractivity contribution in [2.75, 3.05) is 11.5 Å². The highest BCUT2D eigenvalue weighted by atomic mass is 33.1. The van der Waals surface area contributed by atoms with Crippen LogP contribution < -0.4 is 0 Å². The van der Waals surface area contributed by atoms with E-state index < -0.39 is 0 Å². The lowest BCUT2D eigenvalue weighted by atomic mass is 9.76. The van der Waals surface area contributed by atoms with E-state index in [1.54, 1.807) is 0 Å². The van der Waals surface area contributed by atoms with Crippen LogP contribution in [0, 0.1) is 16.7 Å². The maximum Gasteiger partial charge on any atom is 0.00991 e. The number of hydrogen-bond donors (Lipinski definition) is 0. The minimum atomic E-state index is 0.547. The minimum Gasteiger partial charge on any atom is -0.0935 e. The molecule has 1 heterocycles. The van der Waals surface area contributed by atoms with Crippen LogP contribution in [0.1, 0.15) is 60.3 Å². The van der Waals surface area contributed by atoms with E-state index in [1.165, 1.54) is 37.2 Å². The van der Waals surface area contributed by atoms with Gasteiger partial charge in [0.1, 0.15) is 0 Å². The molecule has 0 atom stereocenters. The van der Waals surface area contributed by atoms with Crippen LogP contribution in [0.2, 0.25) is 0 Å². The molecule has 0 aromatic carbocycles. The second kappa shape index (κ2) is 6.04. The van der Waals surface area contributed by atoms with Gasteiger partial charge in [-0.1, -0.05) is 62.6 Å². The molecule has 0 aromatic heterocycles. The molecular weight excluding hydrogens is 232 g/mol. The third kappa shape index (κ3) is 5.35. The first kappa shape index (κ1) is 14.8. The highest BCUT2D eigenvalue weighted by molar-refractivity contribution is 8.77. The van der Waals surface area contributed by atoms with Crippen molar-refractivity contribution in [3.8, 4) is 0 Å². The Kier molecular flexibility index (Phi) is 5.57. The van der Waals surface area contributed by atoms with Crippen molar-refractivity contribution < 1.29 is 0 Å². The second-order valence-electron chi connectivity index (χ2n) is 6.93. The standard InChI is InChI=1S/C14H28S2/c1-12(2)6-7-13(3,4)8-9-14(5)10-15-16-11-14/h12H,6-11H2,1-5H3. The van der Waals surface area contributed by atoms with Crippen LogP contribution in [-0.4, -0.2) is 11.5 Å². The van der Waals surface area contributed by atoms with Crippen molar-refractivity contribution in [3.63, 3.8) is 0 Å². The first-order valence-corrected chi connectivity index (χ1v) is 9.06. The Bertz CT molecular complexity index is 203. The molecule has 0 N–H and O–H groups in total. The van der Waals surface area contributed by atoms with Crippen LogP contribution in [0.15, 0.2) is 0 Å². The van der Waals surface area contributed by atoms with Crippen LogP contribution in [-0.2, 0) is 0 Å². The zero-order valence-electron chi connectivity index (χ0n) is 11.6. The van der Waals surface area contributed by atoms with Gasteiger partial charge >= 0.3 is 0 Å². The fourth-order valence-corrected chi connectivity index (χ4v) is 5.56. The molecule has 1 aliphatic heterocycles. The van der Waals surface area contributed by atoms with E-state index in [0.717, 1.165) is 5.92 Å². The Labute approximate surface area is 110 Å². The van der Waals surface area contributed by atoms with Gasteiger partial charge in [-0.2, -0.15) is 0 Å². The van der Waals surface area contributed by atoms with Crippen LogP contribution in [0.3, 0.4) is 0 Å². The van der Waals surface area contributed by atoms with Crippen LogP contribution in [0.4, 0.5) is 0 Å². The molecule has 0 amide bonds. The fraction of sp³-hybridized carbons (Fsp3) is 1.00. The third-order valence-electron chi connectivity index (χ3n) is 3.70. The lowest BCUT2D eigenvalue weighted by Gasteiger charge is -2.30. The van der Waals surface area contributed by atoms with Gasteiger partial charge in [-0.15, -0.1) is 0 Å². The lowest BCUT2D eigenvalue weighted by Crippen LogP contribution is -2.22. The quantitative estimate of drug-likeness (QED) is 0.568. The van der Waals surface area contributed by atoms with Gasteiger partial charge in [0.2, 0.25) is 0 Å². The zero-order valence-corrected chi connectivity index (χ0v) is 13.3. The topological polar surface area (TPSA) is 0 Å². The number of rotatable bonds is 6. The molecule has 16 heavy (non-hydrogen) atoms. The van der Waals surface area contributed by atoms with E-state index in [-0.39, 0.29) is 0 Å². The molecule has 1 aliphatic rings. The Morgan fingerprint density at radius 1 is 1.12 bits per heavy atom. The highest BCUT2D eigenvalue weighted by Crippen LogP contribution is 2.47. The summed E-state index contributed by atoms with van der Waals surface area (Å²) in [6, 6.07) is 0. The Balaban J connectivity index is 2.29. The molecule has 1 saturated heterocycles. The molecule has 0 aliphatic carbocycles. The van der Waals surface area contributed by atoms with E-state index >= 15 is 0 Å². The molecule has 2 heteroatoms. The van der Waals surface area contributed by atoms with Crippen LogP contribution in [0.5, 0.6) is 0 Å². The van der Waals surface area contributed by atoms with Crippen LogP contribution in [0.25, 0.3) is 0 Å². The monoisotopic (exact) mass is 260 g/mol. The van der Waals surface area contributed by atoms with Crippen molar-refractivity contribution in [3.05, 3.63) is 0 Å². The van der Waals surface area contributed by atoms with Gasteiger partial charge in [0.15, 0.2) is 0 Å². The van der Waals surface area contributed by atoms with Gasteiger partial charge in [0.25, 0.3) is 0 Å². The van der Waals surface area contributed by atoms with Crippen molar-refractivity contribution in [2.45, 2.75) is 60.3 Å². The van der Waals surface area contributed by atoms with Crippen molar-refractivity contribution in [2.24, 2.45) is 16.7 Å². The maximum absolute atomic E-state index is 2.47. The van der Waals surface area contributed by atoms with Crippen molar-refractivity contribution in [1.29, 1.82) is 0 Å². The summed E-state index contributed by atoms with van der Waals surface area (Å²) in [5.74, 6) is 3.57. The minimum absolute atomic E-state index is 0.547. The van der Waals surface area contributed by atoms with Crippen LogP contribution >= 0.6 is 21.6 Å². The van der Waals surface area contributed by atoms with Gasteiger partial charge in [0.05, 0.1) is 0 Å². The van der Waals surface area contributed by atoms with Crippen molar-refractivity contribution >= 4 is 21.6 Å². The Hall–Kier alpha value is 0.700. The lowest BCUT2D eigenvalue weighted by molar-refractivity contribution is 0.234. The molecule has 0 spiro atoms. The summed E-state index contributed by atoms with van der Waals surface area (Å²) < 4.78 is 0. The van der Waals surface area contributed by atoms with Gasteiger partial charge in [-0.3, -0.25) is 0 Å². The molecule has 0 saturated carbocycles. The van der Waals surface area contributed by atoms with Gasteiger partial charge < -0.3 is 0 Å². The molecule has 0 unspecified atom stereocenters. The maximum atomic E-state index is 2.47. The molecule has 0 bridgehead atoms. The van der Waals surface area contributed by atoms with Crippen molar-refractivity contribution in [1.82, 2.24) is 0 Å². The normalized spacial score (nSPS) is 20.6. The number of hydrogen-bond acceptors (Lipinski definition) is 2. The highest BCUT2D eigenvalue weighted by Gasteiger charge is 2.32. The second-order valence-corrected chi connectivity index (χ2v) is 9.39. The first-order valence-electron chi connectivity index (χ1n) is 6.57. The molecule has 1 fully saturated rings. The SMILES string of the molecule is CC(C)CCC(C)(C)CCC1(C)CSSC1. The van der Waals surface area contributed by atoms with E-state index in [4.69, 9.17) is 0 Å². The summed E-state index contributed by atoms with van der Waals surface area (Å²) in [6.45, 7) is 12.0. The predicted octanol–water partition coefficient (Wildman–Crippen LogP) is 5.63. The largest absolute Gasteiger partial charge is 0.0935 e. The zero-order chi connectivity index (χ0) is 12.2. The van der Waals surface area contributed by atoms with E-state index in [2.05, 4.69) is 56.2 Å². The van der Waals surface area contributed by atoms with E-state index in [1.807, 2.05) is 0 Å². The van der Waals surface area contributed by atoms with Gasteiger partial charge in [-0.25, -0.2) is 0 Å². The molecule has 0 radical (unpaired) electrons. The average Bonchev–Trinajstić information content (AvgIpc) is 2.61. The van der Waals surface area contributed by atoms with Gasteiger partial charge in [0, 0.05) is 11.5 Å². The predicted molar refractivity (Wildman–Crippen MR) is 80.1 cm³/mol. The molecular formula is C14H28S2. The average molecular weight is 261 g/mol. The molecule has 0 aromatic rings. The fourth-order valence-electron chi connectivity index (χ4n) is 2.00. The first-order chi connectivity index (χ1) is 7.33. The van der Waals surface area contributed by atoms with E-state index in [0.29, 0.717) is 10.8 Å². The third-order valence-corrected chi connectivity index (χ3v) is 6.71. The summed E-state index contributed by atoms with van der Waals surface area (Å²) >= 11 is 0. The Morgan fingerprint density at radius 2 is 1.69 bits per heavy atom. The summed E-state index contributed by atoms with van der Waals surface area (Å²) in [6.07, 6.45) is 5.59. The molecule has 0 nitrogen and oxygen atoms in total. The smallest absolute Gasteiger partial charge is 0.00991 e. The molecule has 96 valence electrons. The van der Waals surface area contributed by atoms with Gasteiger partial charge in [-0.05, 0) is 36.0 Å². The Morgan fingerprint density at radius 3 is 2.19 bits per heavy atom. The summed E-state index contributed by atoms with van der Waals surface area (Å²) in [5.41, 5.74) is 1.16. The molecule has 1 rings (SSSR count). The summed E-state index contributed by atoms with van der Waals surface area (Å²) in [4.78, 5) is 0. The summed E-state index contributed by atoms with van der Waals surface area (Å²) in [5, 5.41) is 0.